The van der Waals surface area contributed by atoms with Gasteiger partial charge in [-0.25, -0.2) is 0 Å². The fourth-order valence-electron chi connectivity index (χ4n) is 2.15. The van der Waals surface area contributed by atoms with Gasteiger partial charge >= 0.3 is 11.9 Å². The highest BCUT2D eigenvalue weighted by atomic mass is 16.6. The fraction of sp³-hybridized carbons (Fsp3) is 0.118. The zero-order valence-corrected chi connectivity index (χ0v) is 14.2. The van der Waals surface area contributed by atoms with Crippen LogP contribution in [-0.4, -0.2) is 20.9 Å². The van der Waals surface area contributed by atoms with Crippen molar-refractivity contribution in [3.63, 3.8) is 0 Å². The molecule has 0 amide bonds. The van der Waals surface area contributed by atoms with Crippen molar-refractivity contribution in [3.05, 3.63) is 52.8 Å². The third-order valence-electron chi connectivity index (χ3n) is 3.51. The highest BCUT2D eigenvalue weighted by molar-refractivity contribution is 5.72. The van der Waals surface area contributed by atoms with Crippen molar-refractivity contribution < 1.29 is 19.2 Å². The van der Waals surface area contributed by atoms with Gasteiger partial charge in [0.1, 0.15) is 0 Å². The number of hydrogen-bond acceptors (Lipinski definition) is 9. The number of nitrogen functional groups attached to an aromatic ring is 1. The minimum Gasteiger partial charge on any atom is -0.493 e. The van der Waals surface area contributed by atoms with Crippen molar-refractivity contribution in [2.24, 2.45) is 10.2 Å². The summed E-state index contributed by atoms with van der Waals surface area (Å²) in [6, 6.07) is 11.5. The molecule has 0 aliphatic carbocycles. The smallest absolute Gasteiger partial charge is 0.321 e. The molecule has 10 nitrogen and oxygen atoms in total. The second kappa shape index (κ2) is 7.52. The summed E-state index contributed by atoms with van der Waals surface area (Å²) in [6.07, 6.45) is 0.170. The van der Waals surface area contributed by atoms with Gasteiger partial charge in [0.25, 0.3) is 5.56 Å². The van der Waals surface area contributed by atoms with Gasteiger partial charge in [-0.05, 0) is 11.6 Å². The summed E-state index contributed by atoms with van der Waals surface area (Å²) in [6.45, 7) is 1.63. The van der Waals surface area contributed by atoms with Gasteiger partial charge < -0.3 is 20.2 Å². The average Bonchev–Trinajstić information content (AvgIpc) is 3.13. The largest absolute Gasteiger partial charge is 0.493 e. The van der Waals surface area contributed by atoms with Crippen LogP contribution in [0.2, 0.25) is 0 Å². The Labute approximate surface area is 152 Å². The van der Waals surface area contributed by atoms with Gasteiger partial charge in [0.2, 0.25) is 11.7 Å². The molecule has 0 saturated heterocycles. The molecule has 0 saturated carbocycles. The maximum absolute atomic E-state index is 12.2. The fourth-order valence-corrected chi connectivity index (χ4v) is 2.15. The molecule has 0 fully saturated rings. The van der Waals surface area contributed by atoms with Crippen molar-refractivity contribution in [1.29, 1.82) is 0 Å². The lowest BCUT2D eigenvalue weighted by Crippen LogP contribution is -2.26. The van der Waals surface area contributed by atoms with Gasteiger partial charge in [-0.15, -0.1) is 10.2 Å². The van der Waals surface area contributed by atoms with Gasteiger partial charge in [-0.3, -0.25) is 9.59 Å². The van der Waals surface area contributed by atoms with Gasteiger partial charge in [-0.2, -0.15) is 4.68 Å². The van der Waals surface area contributed by atoms with Crippen LogP contribution in [0.3, 0.4) is 0 Å². The number of ether oxygens (including phenoxy) is 1. The van der Waals surface area contributed by atoms with E-state index in [1.807, 2.05) is 6.07 Å². The van der Waals surface area contributed by atoms with E-state index in [0.29, 0.717) is 15.8 Å². The van der Waals surface area contributed by atoms with E-state index in [0.717, 1.165) is 0 Å². The first-order chi connectivity index (χ1) is 13.0. The highest BCUT2D eigenvalue weighted by Gasteiger charge is 2.14. The Morgan fingerprint density at radius 3 is 2.74 bits per heavy atom. The summed E-state index contributed by atoms with van der Waals surface area (Å²) in [4.78, 5) is 23.4. The number of benzene rings is 1. The zero-order chi connectivity index (χ0) is 19.4. The molecule has 10 heteroatoms. The third kappa shape index (κ3) is 3.84. The van der Waals surface area contributed by atoms with Crippen LogP contribution in [0.5, 0.6) is 11.8 Å². The van der Waals surface area contributed by atoms with Gasteiger partial charge in [0.15, 0.2) is 5.69 Å². The van der Waals surface area contributed by atoms with E-state index in [-0.39, 0.29) is 23.9 Å². The average molecular weight is 369 g/mol. The van der Waals surface area contributed by atoms with E-state index < -0.39 is 17.4 Å². The van der Waals surface area contributed by atoms with E-state index in [1.165, 1.54) is 12.1 Å². The summed E-state index contributed by atoms with van der Waals surface area (Å²) in [7, 11) is 0. The minimum atomic E-state index is -0.753. The third-order valence-corrected chi connectivity index (χ3v) is 3.51. The first-order valence-corrected chi connectivity index (χ1v) is 7.88. The number of carbonyl (C=O) groups is 1. The van der Waals surface area contributed by atoms with Crippen LogP contribution in [-0.2, 0) is 4.79 Å². The van der Waals surface area contributed by atoms with Crippen LogP contribution in [0, 0.1) is 0 Å². The number of hydrogen-bond donors (Lipinski definition) is 2. The maximum atomic E-state index is 12.2. The monoisotopic (exact) mass is 369 g/mol. The molecule has 2 heterocycles. The number of azo groups is 1. The Balaban J connectivity index is 1.93. The van der Waals surface area contributed by atoms with Crippen LogP contribution in [0.4, 0.5) is 11.5 Å². The van der Waals surface area contributed by atoms with Gasteiger partial charge in [0.05, 0.1) is 6.07 Å². The van der Waals surface area contributed by atoms with Crippen molar-refractivity contribution in [2.45, 2.75) is 13.3 Å². The number of pyridine rings is 1. The predicted molar refractivity (Wildman–Crippen MR) is 94.6 cm³/mol. The van der Waals surface area contributed by atoms with E-state index in [2.05, 4.69) is 15.4 Å². The number of aromatic nitrogens is 2. The molecule has 0 spiro atoms. The molecular weight excluding hydrogens is 354 g/mol. The highest BCUT2D eigenvalue weighted by Crippen LogP contribution is 2.30. The van der Waals surface area contributed by atoms with Crippen molar-refractivity contribution >= 4 is 17.5 Å². The molecular formula is C17H15N5O5. The molecule has 138 valence electrons. The lowest BCUT2D eigenvalue weighted by atomic mass is 10.1. The molecule has 1 aromatic carbocycles. The number of esters is 1. The second-order valence-corrected chi connectivity index (χ2v) is 5.34. The molecule has 0 aliphatic rings. The van der Waals surface area contributed by atoms with E-state index in [9.17, 15) is 14.7 Å². The van der Waals surface area contributed by atoms with Gasteiger partial charge in [-0.1, -0.05) is 42.4 Å². The molecule has 0 radical (unpaired) electrons. The van der Waals surface area contributed by atoms with Crippen LogP contribution in [0.25, 0.3) is 11.1 Å². The molecule has 3 N–H and O–H groups in total. The topological polar surface area (TPSA) is 145 Å². The summed E-state index contributed by atoms with van der Waals surface area (Å²) in [5, 5.41) is 21.3. The van der Waals surface area contributed by atoms with Crippen molar-refractivity contribution in [1.82, 2.24) is 9.83 Å². The van der Waals surface area contributed by atoms with Crippen LogP contribution in [0.1, 0.15) is 13.3 Å². The Morgan fingerprint density at radius 1 is 1.30 bits per heavy atom. The van der Waals surface area contributed by atoms with E-state index >= 15 is 0 Å². The molecule has 27 heavy (non-hydrogen) atoms. The Bertz CT molecular complexity index is 1060. The Hall–Kier alpha value is -3.95. The zero-order valence-electron chi connectivity index (χ0n) is 14.2. The first-order valence-electron chi connectivity index (χ1n) is 7.88. The van der Waals surface area contributed by atoms with Gasteiger partial charge in [0, 0.05) is 12.0 Å². The van der Waals surface area contributed by atoms with Crippen LogP contribution < -0.4 is 16.1 Å². The van der Waals surface area contributed by atoms with Crippen LogP contribution in [0.15, 0.2) is 62.0 Å². The van der Waals surface area contributed by atoms with Crippen molar-refractivity contribution in [2.75, 3.05) is 5.84 Å². The first kappa shape index (κ1) is 17.9. The molecule has 0 bridgehead atoms. The Kier molecular flexibility index (Phi) is 4.97. The number of aromatic hydroxyl groups is 1. The number of rotatable bonds is 5. The minimum absolute atomic E-state index is 0.00814. The summed E-state index contributed by atoms with van der Waals surface area (Å²) < 4.78 is 10.2. The molecule has 3 rings (SSSR count). The number of nitrogens with two attached hydrogens (primary N) is 1. The summed E-state index contributed by atoms with van der Waals surface area (Å²) >= 11 is 0. The number of nitrogens with zero attached hydrogens (tertiary/aromatic N) is 4. The Morgan fingerprint density at radius 2 is 2.04 bits per heavy atom. The lowest BCUT2D eigenvalue weighted by molar-refractivity contribution is -0.135. The molecule has 0 unspecified atom stereocenters. The van der Waals surface area contributed by atoms with Crippen LogP contribution >= 0.6 is 0 Å². The van der Waals surface area contributed by atoms with E-state index in [4.69, 9.17) is 15.1 Å². The lowest BCUT2D eigenvalue weighted by Gasteiger charge is -2.09. The number of carbonyl (C=O) groups excluding carboxylic acids is 1. The quantitative estimate of drug-likeness (QED) is 0.399. The normalized spacial score (nSPS) is 11.0. The SMILES string of the molecule is CCC(=O)Oc1cc(N=Nc2cc(-c3ccccc3)c(O)n(N)c2=O)no1. The summed E-state index contributed by atoms with van der Waals surface area (Å²) in [5.74, 6) is 4.58. The molecule has 0 aliphatic heterocycles. The second-order valence-electron chi connectivity index (χ2n) is 5.34. The summed E-state index contributed by atoms with van der Waals surface area (Å²) in [5.41, 5.74) is 0.0755. The standard InChI is InChI=1S/C17H15N5O5/c1-2-14(23)26-15-9-13(21-27-15)20-19-12-8-11(10-6-4-3-5-7-10)16(24)22(18)17(12)25/h3-9,24H,2,18H2,1H3. The predicted octanol–water partition coefficient (Wildman–Crippen LogP) is 2.65. The maximum Gasteiger partial charge on any atom is 0.321 e. The molecule has 3 aromatic rings. The van der Waals surface area contributed by atoms with E-state index in [1.54, 1.807) is 31.2 Å². The van der Waals surface area contributed by atoms with Crippen molar-refractivity contribution in [3.8, 4) is 23.0 Å². The molecule has 0 atom stereocenters. The molecule has 2 aromatic heterocycles.